The van der Waals surface area contributed by atoms with Gasteiger partial charge in [-0.1, -0.05) is 48.6 Å². The highest BCUT2D eigenvalue weighted by atomic mass is 16.7. The van der Waals surface area contributed by atoms with Crippen LogP contribution in [0, 0.1) is 0 Å². The Labute approximate surface area is 130 Å². The summed E-state index contributed by atoms with van der Waals surface area (Å²) in [7, 11) is 0. The molecule has 1 aliphatic heterocycles. The largest absolute Gasteiger partial charge is 0.454 e. The van der Waals surface area contributed by atoms with Crippen molar-refractivity contribution >= 4 is 11.9 Å². The third-order valence-electron chi connectivity index (χ3n) is 3.59. The van der Waals surface area contributed by atoms with Gasteiger partial charge in [-0.05, 0) is 29.7 Å². The number of ketones is 1. The third-order valence-corrected chi connectivity index (χ3v) is 3.59. The lowest BCUT2D eigenvalue weighted by Gasteiger charge is -2.00. The summed E-state index contributed by atoms with van der Waals surface area (Å²) < 4.78 is 10.6. The molecule has 0 bridgehead atoms. The van der Waals surface area contributed by atoms with E-state index in [1.807, 2.05) is 48.6 Å². The second kappa shape index (κ2) is 6.94. The number of rotatable bonds is 6. The van der Waals surface area contributed by atoms with Crippen LogP contribution in [0.25, 0.3) is 6.08 Å². The normalized spacial score (nSPS) is 12.7. The minimum atomic E-state index is 0.251. The van der Waals surface area contributed by atoms with Crippen LogP contribution in [0.5, 0.6) is 11.5 Å². The lowest BCUT2D eigenvalue weighted by molar-refractivity contribution is -0.118. The number of carbonyl (C=O) groups is 1. The number of ether oxygens (including phenoxy) is 2. The van der Waals surface area contributed by atoms with Crippen molar-refractivity contribution in [3.63, 3.8) is 0 Å². The van der Waals surface area contributed by atoms with E-state index in [4.69, 9.17) is 9.47 Å². The Kier molecular flexibility index (Phi) is 4.54. The zero-order chi connectivity index (χ0) is 15.2. The molecule has 0 spiro atoms. The number of allylic oxidation sites excluding steroid dienone is 1. The van der Waals surface area contributed by atoms with Gasteiger partial charge in [0.1, 0.15) is 5.78 Å². The highest BCUT2D eigenvalue weighted by Crippen LogP contribution is 2.32. The Bertz CT molecular complexity index is 674. The molecule has 112 valence electrons. The summed E-state index contributed by atoms with van der Waals surface area (Å²) in [5.74, 6) is 1.79. The molecule has 0 saturated carbocycles. The minimum absolute atomic E-state index is 0.251. The van der Waals surface area contributed by atoms with Gasteiger partial charge in [0.25, 0.3) is 0 Å². The average molecular weight is 294 g/mol. The van der Waals surface area contributed by atoms with E-state index in [0.717, 1.165) is 23.5 Å². The van der Waals surface area contributed by atoms with E-state index in [9.17, 15) is 4.79 Å². The Morgan fingerprint density at radius 2 is 1.86 bits per heavy atom. The van der Waals surface area contributed by atoms with Gasteiger partial charge < -0.3 is 9.47 Å². The lowest BCUT2D eigenvalue weighted by Crippen LogP contribution is -1.98. The maximum absolute atomic E-state index is 11.9. The van der Waals surface area contributed by atoms with Crippen LogP contribution in [0.1, 0.15) is 24.0 Å². The van der Waals surface area contributed by atoms with Crippen molar-refractivity contribution in [3.05, 3.63) is 65.7 Å². The zero-order valence-corrected chi connectivity index (χ0v) is 12.3. The van der Waals surface area contributed by atoms with E-state index in [1.165, 1.54) is 5.56 Å². The first-order valence-electron chi connectivity index (χ1n) is 7.43. The predicted molar refractivity (Wildman–Crippen MR) is 86.0 cm³/mol. The molecule has 1 aliphatic rings. The summed E-state index contributed by atoms with van der Waals surface area (Å²) in [6.45, 7) is 0.278. The molecule has 0 aromatic heterocycles. The topological polar surface area (TPSA) is 35.5 Å². The zero-order valence-electron chi connectivity index (χ0n) is 12.3. The van der Waals surface area contributed by atoms with E-state index in [1.54, 1.807) is 0 Å². The predicted octanol–water partition coefficient (Wildman–Crippen LogP) is 4.02. The second-order valence-electron chi connectivity index (χ2n) is 5.24. The fraction of sp³-hybridized carbons (Fsp3) is 0.211. The number of hydrogen-bond acceptors (Lipinski definition) is 3. The van der Waals surface area contributed by atoms with Gasteiger partial charge in [0.15, 0.2) is 11.5 Å². The van der Waals surface area contributed by atoms with E-state index in [0.29, 0.717) is 12.8 Å². The SMILES string of the molecule is O=C(C/C=C/c1ccc2c(c1)OCO2)CCc1ccccc1. The van der Waals surface area contributed by atoms with Crippen molar-refractivity contribution in [1.29, 1.82) is 0 Å². The maximum Gasteiger partial charge on any atom is 0.231 e. The standard InChI is InChI=1S/C19H18O3/c20-17(11-9-15-5-2-1-3-6-15)8-4-7-16-10-12-18-19(13-16)22-14-21-18/h1-7,10,12-13H,8-9,11,14H2/b7-4+. The van der Waals surface area contributed by atoms with Crippen LogP contribution in [0.2, 0.25) is 0 Å². The first-order valence-corrected chi connectivity index (χ1v) is 7.43. The number of aryl methyl sites for hydroxylation is 1. The summed E-state index contributed by atoms with van der Waals surface area (Å²) in [6, 6.07) is 15.9. The van der Waals surface area contributed by atoms with Crippen LogP contribution in [-0.4, -0.2) is 12.6 Å². The van der Waals surface area contributed by atoms with Crippen LogP contribution in [0.3, 0.4) is 0 Å². The highest BCUT2D eigenvalue weighted by molar-refractivity contribution is 5.81. The molecule has 0 saturated heterocycles. The molecule has 0 atom stereocenters. The van der Waals surface area contributed by atoms with Gasteiger partial charge in [-0.2, -0.15) is 0 Å². The molecule has 0 N–H and O–H groups in total. The second-order valence-corrected chi connectivity index (χ2v) is 5.24. The Balaban J connectivity index is 1.48. The quantitative estimate of drug-likeness (QED) is 0.807. The molecule has 0 aliphatic carbocycles. The van der Waals surface area contributed by atoms with Gasteiger partial charge in [-0.3, -0.25) is 4.79 Å². The molecule has 2 aromatic carbocycles. The van der Waals surface area contributed by atoms with Gasteiger partial charge in [-0.25, -0.2) is 0 Å². The van der Waals surface area contributed by atoms with Crippen molar-refractivity contribution in [2.24, 2.45) is 0 Å². The van der Waals surface area contributed by atoms with Crippen molar-refractivity contribution in [3.8, 4) is 11.5 Å². The summed E-state index contributed by atoms with van der Waals surface area (Å²) in [4.78, 5) is 11.9. The molecule has 1 heterocycles. The van der Waals surface area contributed by atoms with E-state index in [2.05, 4.69) is 12.1 Å². The highest BCUT2D eigenvalue weighted by Gasteiger charge is 2.12. The van der Waals surface area contributed by atoms with Gasteiger partial charge in [-0.15, -0.1) is 0 Å². The summed E-state index contributed by atoms with van der Waals surface area (Å²) in [5, 5.41) is 0. The Hall–Kier alpha value is -2.55. The fourth-order valence-corrected chi connectivity index (χ4v) is 2.37. The molecule has 2 aromatic rings. The molecule has 0 radical (unpaired) electrons. The summed E-state index contributed by atoms with van der Waals surface area (Å²) in [6.07, 6.45) is 5.70. The van der Waals surface area contributed by atoms with E-state index >= 15 is 0 Å². The monoisotopic (exact) mass is 294 g/mol. The Morgan fingerprint density at radius 3 is 2.73 bits per heavy atom. The molecule has 3 nitrogen and oxygen atoms in total. The van der Waals surface area contributed by atoms with Crippen molar-refractivity contribution in [2.75, 3.05) is 6.79 Å². The smallest absolute Gasteiger partial charge is 0.231 e. The summed E-state index contributed by atoms with van der Waals surface area (Å²) >= 11 is 0. The van der Waals surface area contributed by atoms with Gasteiger partial charge in [0, 0.05) is 12.8 Å². The fourth-order valence-electron chi connectivity index (χ4n) is 2.37. The summed E-state index contributed by atoms with van der Waals surface area (Å²) in [5.41, 5.74) is 2.22. The van der Waals surface area contributed by atoms with Crippen molar-refractivity contribution in [2.45, 2.75) is 19.3 Å². The van der Waals surface area contributed by atoms with Crippen molar-refractivity contribution < 1.29 is 14.3 Å². The lowest BCUT2D eigenvalue weighted by atomic mass is 10.1. The number of carbonyl (C=O) groups excluding carboxylic acids is 1. The number of hydrogen-bond donors (Lipinski definition) is 0. The molecule has 0 fully saturated rings. The van der Waals surface area contributed by atoms with Crippen LogP contribution < -0.4 is 9.47 Å². The third kappa shape index (κ3) is 3.76. The average Bonchev–Trinajstić information content (AvgIpc) is 3.02. The maximum atomic E-state index is 11.9. The first kappa shape index (κ1) is 14.4. The molecule has 3 heteroatoms. The molecule has 0 amide bonds. The van der Waals surface area contributed by atoms with Gasteiger partial charge >= 0.3 is 0 Å². The van der Waals surface area contributed by atoms with Gasteiger partial charge in [0.2, 0.25) is 6.79 Å². The van der Waals surface area contributed by atoms with E-state index in [-0.39, 0.29) is 12.6 Å². The number of Topliss-reactive ketones (excluding diaryl/α,β-unsaturated/α-hetero) is 1. The van der Waals surface area contributed by atoms with Gasteiger partial charge in [0.05, 0.1) is 0 Å². The molecular weight excluding hydrogens is 276 g/mol. The van der Waals surface area contributed by atoms with Crippen LogP contribution in [0.4, 0.5) is 0 Å². The van der Waals surface area contributed by atoms with Crippen LogP contribution in [0.15, 0.2) is 54.6 Å². The van der Waals surface area contributed by atoms with Crippen LogP contribution in [-0.2, 0) is 11.2 Å². The number of benzene rings is 2. The number of fused-ring (bicyclic) bond motifs is 1. The first-order chi connectivity index (χ1) is 10.8. The molecule has 3 rings (SSSR count). The molecule has 0 unspecified atom stereocenters. The van der Waals surface area contributed by atoms with E-state index < -0.39 is 0 Å². The Morgan fingerprint density at radius 1 is 1.05 bits per heavy atom. The minimum Gasteiger partial charge on any atom is -0.454 e. The molecular formula is C19H18O3. The van der Waals surface area contributed by atoms with Crippen molar-refractivity contribution in [1.82, 2.24) is 0 Å². The molecule has 22 heavy (non-hydrogen) atoms. The van der Waals surface area contributed by atoms with Crippen LogP contribution >= 0.6 is 0 Å².